The van der Waals surface area contributed by atoms with Crippen molar-refractivity contribution in [3.63, 3.8) is 0 Å². The van der Waals surface area contributed by atoms with Gasteiger partial charge < -0.3 is 23.8 Å². The zero-order valence-electron chi connectivity index (χ0n) is 12.9. The van der Waals surface area contributed by atoms with Gasteiger partial charge in [0.25, 0.3) is 11.8 Å². The van der Waals surface area contributed by atoms with Gasteiger partial charge in [-0.3, -0.25) is 4.79 Å². The number of hydrogen-bond acceptors (Lipinski definition) is 8. The molecule has 1 aliphatic rings. The fourth-order valence-electron chi connectivity index (χ4n) is 2.54. The van der Waals surface area contributed by atoms with E-state index in [-0.39, 0.29) is 17.6 Å². The smallest absolute Gasteiger partial charge is 0.290 e. The van der Waals surface area contributed by atoms with Crippen molar-refractivity contribution in [3.8, 4) is 5.88 Å². The van der Waals surface area contributed by atoms with E-state index in [1.807, 2.05) is 0 Å². The predicted molar refractivity (Wildman–Crippen MR) is 75.8 cm³/mol. The van der Waals surface area contributed by atoms with Crippen LogP contribution >= 0.6 is 0 Å². The average molecular weight is 322 g/mol. The number of aromatic nitrogens is 3. The molecule has 0 radical (unpaired) electrons. The predicted octanol–water partition coefficient (Wildman–Crippen LogP) is 1.27. The second kappa shape index (κ2) is 6.78. The number of carbonyl (C=O) groups is 1. The maximum absolute atomic E-state index is 12.4. The van der Waals surface area contributed by atoms with Gasteiger partial charge in [-0.15, -0.1) is 0 Å². The number of nitrogens with one attached hydrogen (secondary N) is 1. The topological polar surface area (TPSA) is 113 Å². The Balaban J connectivity index is 1.78. The molecule has 0 spiro atoms. The summed E-state index contributed by atoms with van der Waals surface area (Å²) in [5, 5.41) is 10.3. The van der Waals surface area contributed by atoms with Gasteiger partial charge in [0, 0.05) is 13.2 Å². The summed E-state index contributed by atoms with van der Waals surface area (Å²) in [7, 11) is 1.45. The summed E-state index contributed by atoms with van der Waals surface area (Å²) in [5.74, 6) is 0.953. The third-order valence-corrected chi connectivity index (χ3v) is 3.75. The number of hydrogen-bond donors (Lipinski definition) is 1. The van der Waals surface area contributed by atoms with Crippen LogP contribution in [0.15, 0.2) is 15.1 Å². The standard InChI is InChI=1S/C14H18N4O5/c1-8-15-14(23-17-8)12(9-3-5-21-6-4-9)16-13(19)10-7-11(20-2)18-22-10/h7,9,12H,3-6H2,1-2H3,(H,16,19). The van der Waals surface area contributed by atoms with E-state index in [0.717, 1.165) is 12.8 Å². The first-order valence-electron chi connectivity index (χ1n) is 7.37. The van der Waals surface area contributed by atoms with Gasteiger partial charge in [-0.1, -0.05) is 5.16 Å². The molecule has 1 aliphatic heterocycles. The van der Waals surface area contributed by atoms with Gasteiger partial charge >= 0.3 is 0 Å². The molecule has 1 saturated heterocycles. The van der Waals surface area contributed by atoms with E-state index >= 15 is 0 Å². The average Bonchev–Trinajstić information content (AvgIpc) is 3.22. The van der Waals surface area contributed by atoms with Gasteiger partial charge in [0.2, 0.25) is 11.7 Å². The molecule has 3 rings (SSSR count). The summed E-state index contributed by atoms with van der Waals surface area (Å²) in [4.78, 5) is 16.6. The third-order valence-electron chi connectivity index (χ3n) is 3.75. The van der Waals surface area contributed by atoms with E-state index in [0.29, 0.717) is 24.9 Å². The highest BCUT2D eigenvalue weighted by Crippen LogP contribution is 2.29. The number of methoxy groups -OCH3 is 1. The largest absolute Gasteiger partial charge is 0.479 e. The lowest BCUT2D eigenvalue weighted by Gasteiger charge is -2.28. The van der Waals surface area contributed by atoms with E-state index < -0.39 is 11.9 Å². The minimum absolute atomic E-state index is 0.0650. The van der Waals surface area contributed by atoms with Crippen LogP contribution in [0.1, 0.15) is 41.2 Å². The molecule has 1 fully saturated rings. The molecule has 23 heavy (non-hydrogen) atoms. The molecule has 1 unspecified atom stereocenters. The Labute approximate surface area is 132 Å². The summed E-state index contributed by atoms with van der Waals surface area (Å²) in [6, 6.07) is 1.03. The zero-order chi connectivity index (χ0) is 16.2. The van der Waals surface area contributed by atoms with Crippen molar-refractivity contribution in [2.45, 2.75) is 25.8 Å². The van der Waals surface area contributed by atoms with Crippen molar-refractivity contribution in [1.82, 2.24) is 20.6 Å². The molecular weight excluding hydrogens is 304 g/mol. The number of amides is 1. The molecule has 1 atom stereocenters. The molecule has 9 nitrogen and oxygen atoms in total. The summed E-state index contributed by atoms with van der Waals surface area (Å²) in [5.41, 5.74) is 0. The van der Waals surface area contributed by atoms with Crippen molar-refractivity contribution >= 4 is 5.91 Å². The number of ether oxygens (including phenoxy) is 2. The SMILES string of the molecule is COc1cc(C(=O)NC(c2nc(C)no2)C2CCOCC2)on1. The molecule has 0 saturated carbocycles. The van der Waals surface area contributed by atoms with Gasteiger partial charge in [0.1, 0.15) is 6.04 Å². The van der Waals surface area contributed by atoms with E-state index in [2.05, 4.69) is 20.6 Å². The van der Waals surface area contributed by atoms with E-state index in [1.165, 1.54) is 13.2 Å². The highest BCUT2D eigenvalue weighted by atomic mass is 16.5. The van der Waals surface area contributed by atoms with Crippen molar-refractivity contribution < 1.29 is 23.3 Å². The normalized spacial score (nSPS) is 17.0. The van der Waals surface area contributed by atoms with Crippen LogP contribution in [-0.4, -0.2) is 41.5 Å². The quantitative estimate of drug-likeness (QED) is 0.875. The molecule has 124 valence electrons. The lowest BCUT2D eigenvalue weighted by atomic mass is 9.91. The first-order valence-corrected chi connectivity index (χ1v) is 7.37. The highest BCUT2D eigenvalue weighted by molar-refractivity contribution is 5.91. The van der Waals surface area contributed by atoms with Crippen LogP contribution in [0.4, 0.5) is 0 Å². The Hall–Kier alpha value is -2.42. The Kier molecular flexibility index (Phi) is 4.56. The van der Waals surface area contributed by atoms with Crippen LogP contribution in [0.3, 0.4) is 0 Å². The molecule has 3 heterocycles. The molecular formula is C14H18N4O5. The number of carbonyl (C=O) groups excluding carboxylic acids is 1. The van der Waals surface area contributed by atoms with Gasteiger partial charge in [0.05, 0.1) is 13.2 Å². The van der Waals surface area contributed by atoms with Crippen molar-refractivity contribution in [2.75, 3.05) is 20.3 Å². The zero-order valence-corrected chi connectivity index (χ0v) is 12.9. The fourth-order valence-corrected chi connectivity index (χ4v) is 2.54. The molecule has 0 aromatic carbocycles. The summed E-state index contributed by atoms with van der Waals surface area (Å²) >= 11 is 0. The summed E-state index contributed by atoms with van der Waals surface area (Å²) < 4.78 is 20.5. The number of nitrogens with zero attached hydrogens (tertiary/aromatic N) is 3. The third kappa shape index (κ3) is 3.50. The second-order valence-corrected chi connectivity index (χ2v) is 5.31. The second-order valence-electron chi connectivity index (χ2n) is 5.31. The first-order chi connectivity index (χ1) is 11.2. The number of rotatable bonds is 5. The van der Waals surface area contributed by atoms with Crippen LogP contribution in [0.2, 0.25) is 0 Å². The van der Waals surface area contributed by atoms with Gasteiger partial charge in [-0.2, -0.15) is 4.98 Å². The monoisotopic (exact) mass is 322 g/mol. The number of aryl methyl sites for hydroxylation is 1. The Morgan fingerprint density at radius 1 is 1.35 bits per heavy atom. The lowest BCUT2D eigenvalue weighted by Crippen LogP contribution is -2.36. The molecule has 2 aromatic rings. The van der Waals surface area contributed by atoms with E-state index in [1.54, 1.807) is 6.92 Å². The Morgan fingerprint density at radius 2 is 2.13 bits per heavy atom. The van der Waals surface area contributed by atoms with Crippen LogP contribution in [0.25, 0.3) is 0 Å². The molecule has 1 N–H and O–H groups in total. The minimum atomic E-state index is -0.409. The Bertz CT molecular complexity index is 662. The maximum atomic E-state index is 12.4. The molecule has 0 bridgehead atoms. The molecule has 9 heteroatoms. The van der Waals surface area contributed by atoms with Gasteiger partial charge in [-0.05, 0) is 30.8 Å². The summed E-state index contributed by atoms with van der Waals surface area (Å²) in [6.07, 6.45) is 1.60. The van der Waals surface area contributed by atoms with Crippen LogP contribution in [-0.2, 0) is 4.74 Å². The highest BCUT2D eigenvalue weighted by Gasteiger charge is 2.32. The molecule has 0 aliphatic carbocycles. The maximum Gasteiger partial charge on any atom is 0.290 e. The molecule has 2 aromatic heterocycles. The van der Waals surface area contributed by atoms with E-state index in [4.69, 9.17) is 18.5 Å². The molecule has 1 amide bonds. The van der Waals surface area contributed by atoms with Crippen LogP contribution in [0, 0.1) is 12.8 Å². The summed E-state index contributed by atoms with van der Waals surface area (Å²) in [6.45, 7) is 3.01. The van der Waals surface area contributed by atoms with Gasteiger partial charge in [0.15, 0.2) is 5.82 Å². The van der Waals surface area contributed by atoms with Crippen LogP contribution in [0.5, 0.6) is 5.88 Å². The van der Waals surface area contributed by atoms with Crippen molar-refractivity contribution in [3.05, 3.63) is 23.5 Å². The lowest BCUT2D eigenvalue weighted by molar-refractivity contribution is 0.0462. The first kappa shape index (κ1) is 15.5. The van der Waals surface area contributed by atoms with Gasteiger partial charge in [-0.25, -0.2) is 0 Å². The fraction of sp³-hybridized carbons (Fsp3) is 0.571. The Morgan fingerprint density at radius 3 is 2.74 bits per heavy atom. The minimum Gasteiger partial charge on any atom is -0.479 e. The van der Waals surface area contributed by atoms with Crippen molar-refractivity contribution in [1.29, 1.82) is 0 Å². The van der Waals surface area contributed by atoms with E-state index in [9.17, 15) is 4.79 Å². The van der Waals surface area contributed by atoms with Crippen LogP contribution < -0.4 is 10.1 Å². The van der Waals surface area contributed by atoms with Crippen molar-refractivity contribution in [2.24, 2.45) is 5.92 Å².